The van der Waals surface area contributed by atoms with Crippen LogP contribution in [0, 0.1) is 22.0 Å². The van der Waals surface area contributed by atoms with Gasteiger partial charge in [-0.05, 0) is 30.7 Å². The molecule has 20 heavy (non-hydrogen) atoms. The van der Waals surface area contributed by atoms with E-state index in [-0.39, 0.29) is 16.9 Å². The SMILES string of the molecule is CC1CCC(CNc2c(C(=O)O)cccc2[N+](=O)[O-])C1. The number of anilines is 1. The average molecular weight is 278 g/mol. The summed E-state index contributed by atoms with van der Waals surface area (Å²) >= 11 is 0. The Morgan fingerprint density at radius 1 is 1.50 bits per heavy atom. The number of hydrogen-bond donors (Lipinski definition) is 2. The zero-order valence-electron chi connectivity index (χ0n) is 11.3. The fourth-order valence-electron chi connectivity index (χ4n) is 2.81. The molecule has 1 fully saturated rings. The highest BCUT2D eigenvalue weighted by molar-refractivity contribution is 5.96. The summed E-state index contributed by atoms with van der Waals surface area (Å²) in [7, 11) is 0. The highest BCUT2D eigenvalue weighted by Crippen LogP contribution is 2.33. The lowest BCUT2D eigenvalue weighted by Crippen LogP contribution is -2.15. The van der Waals surface area contributed by atoms with Crippen molar-refractivity contribution in [1.29, 1.82) is 0 Å². The molecule has 0 saturated heterocycles. The van der Waals surface area contributed by atoms with Gasteiger partial charge in [0.15, 0.2) is 0 Å². The first-order chi connectivity index (χ1) is 9.49. The Morgan fingerprint density at radius 3 is 2.80 bits per heavy atom. The molecule has 6 heteroatoms. The second-order valence-electron chi connectivity index (χ2n) is 5.43. The summed E-state index contributed by atoms with van der Waals surface area (Å²) in [6.45, 7) is 2.77. The predicted molar refractivity (Wildman–Crippen MR) is 75.1 cm³/mol. The van der Waals surface area contributed by atoms with Gasteiger partial charge in [-0.25, -0.2) is 4.79 Å². The van der Waals surface area contributed by atoms with Crippen LogP contribution in [-0.2, 0) is 0 Å². The van der Waals surface area contributed by atoms with Gasteiger partial charge in [-0.1, -0.05) is 19.4 Å². The van der Waals surface area contributed by atoms with Crippen molar-refractivity contribution < 1.29 is 14.8 Å². The largest absolute Gasteiger partial charge is 0.478 e. The number of aromatic carboxylic acids is 1. The van der Waals surface area contributed by atoms with Crippen molar-refractivity contribution in [3.8, 4) is 0 Å². The molecule has 108 valence electrons. The lowest BCUT2D eigenvalue weighted by molar-refractivity contribution is -0.384. The molecule has 2 atom stereocenters. The number of carboxylic acid groups (broad SMARTS) is 1. The van der Waals surface area contributed by atoms with Gasteiger partial charge in [0.1, 0.15) is 5.69 Å². The maximum atomic E-state index is 11.2. The maximum absolute atomic E-state index is 11.2. The van der Waals surface area contributed by atoms with Crippen LogP contribution >= 0.6 is 0 Å². The minimum atomic E-state index is -1.16. The van der Waals surface area contributed by atoms with Crippen LogP contribution in [0.15, 0.2) is 18.2 Å². The molecule has 1 aliphatic rings. The van der Waals surface area contributed by atoms with Gasteiger partial charge in [0.25, 0.3) is 5.69 Å². The zero-order valence-corrected chi connectivity index (χ0v) is 11.3. The van der Waals surface area contributed by atoms with Gasteiger partial charge in [-0.2, -0.15) is 0 Å². The first-order valence-corrected chi connectivity index (χ1v) is 6.73. The maximum Gasteiger partial charge on any atom is 0.338 e. The van der Waals surface area contributed by atoms with Crippen LogP contribution in [0.25, 0.3) is 0 Å². The van der Waals surface area contributed by atoms with Crippen LogP contribution in [-0.4, -0.2) is 22.5 Å². The molecule has 0 bridgehead atoms. The number of rotatable bonds is 5. The van der Waals surface area contributed by atoms with E-state index < -0.39 is 10.9 Å². The highest BCUT2D eigenvalue weighted by atomic mass is 16.6. The Kier molecular flexibility index (Phi) is 4.22. The molecule has 0 amide bonds. The Bertz CT molecular complexity index is 498. The lowest BCUT2D eigenvalue weighted by Gasteiger charge is -2.14. The van der Waals surface area contributed by atoms with Crippen molar-refractivity contribution in [3.63, 3.8) is 0 Å². The fraction of sp³-hybridized carbons (Fsp3) is 0.500. The summed E-state index contributed by atoms with van der Waals surface area (Å²) in [5, 5.41) is 23.1. The summed E-state index contributed by atoms with van der Waals surface area (Å²) in [4.78, 5) is 21.6. The quantitative estimate of drug-likeness (QED) is 0.637. The molecule has 2 rings (SSSR count). The first-order valence-electron chi connectivity index (χ1n) is 6.73. The average Bonchev–Trinajstić information content (AvgIpc) is 2.81. The third-order valence-electron chi connectivity index (χ3n) is 3.84. The minimum absolute atomic E-state index is 0.0507. The molecule has 1 saturated carbocycles. The number of nitrogens with zero attached hydrogens (tertiary/aromatic N) is 1. The van der Waals surface area contributed by atoms with Gasteiger partial charge in [0.2, 0.25) is 0 Å². The molecule has 0 heterocycles. The smallest absolute Gasteiger partial charge is 0.338 e. The van der Waals surface area contributed by atoms with Gasteiger partial charge in [-0.15, -0.1) is 0 Å². The second-order valence-corrected chi connectivity index (χ2v) is 5.43. The predicted octanol–water partition coefficient (Wildman–Crippen LogP) is 3.14. The number of nitro benzene ring substituents is 1. The van der Waals surface area contributed by atoms with Crippen molar-refractivity contribution in [2.24, 2.45) is 11.8 Å². The van der Waals surface area contributed by atoms with Gasteiger partial charge < -0.3 is 10.4 Å². The number of carboxylic acids is 1. The number of carbonyl (C=O) groups is 1. The van der Waals surface area contributed by atoms with E-state index in [2.05, 4.69) is 12.2 Å². The Morgan fingerprint density at radius 2 is 2.25 bits per heavy atom. The highest BCUT2D eigenvalue weighted by Gasteiger charge is 2.25. The lowest BCUT2D eigenvalue weighted by atomic mass is 10.1. The molecule has 0 aromatic heterocycles. The Balaban J connectivity index is 2.19. The molecule has 2 N–H and O–H groups in total. The van der Waals surface area contributed by atoms with Crippen molar-refractivity contribution in [3.05, 3.63) is 33.9 Å². The number of nitro groups is 1. The minimum Gasteiger partial charge on any atom is -0.478 e. The zero-order chi connectivity index (χ0) is 14.7. The Hall–Kier alpha value is -2.11. The molecule has 6 nitrogen and oxygen atoms in total. The van der Waals surface area contributed by atoms with Crippen molar-refractivity contribution in [1.82, 2.24) is 0 Å². The summed E-state index contributed by atoms with van der Waals surface area (Å²) < 4.78 is 0. The molecule has 0 spiro atoms. The number of nitrogens with one attached hydrogen (secondary N) is 1. The number of benzene rings is 1. The molecule has 0 radical (unpaired) electrons. The van der Waals surface area contributed by atoms with Gasteiger partial charge in [0.05, 0.1) is 10.5 Å². The monoisotopic (exact) mass is 278 g/mol. The van der Waals surface area contributed by atoms with E-state index in [4.69, 9.17) is 5.11 Å². The van der Waals surface area contributed by atoms with Crippen LogP contribution in [0.5, 0.6) is 0 Å². The van der Waals surface area contributed by atoms with Gasteiger partial charge >= 0.3 is 5.97 Å². The van der Waals surface area contributed by atoms with E-state index in [1.54, 1.807) is 0 Å². The molecule has 1 aromatic rings. The van der Waals surface area contributed by atoms with Crippen LogP contribution < -0.4 is 5.32 Å². The van der Waals surface area contributed by atoms with E-state index in [1.807, 2.05) is 0 Å². The molecule has 2 unspecified atom stereocenters. The van der Waals surface area contributed by atoms with Crippen molar-refractivity contribution in [2.75, 3.05) is 11.9 Å². The summed E-state index contributed by atoms with van der Waals surface area (Å²) in [5.74, 6) is -0.0334. The van der Waals surface area contributed by atoms with Crippen LogP contribution in [0.3, 0.4) is 0 Å². The Labute approximate surface area is 117 Å². The van der Waals surface area contributed by atoms with E-state index in [0.29, 0.717) is 18.4 Å². The molecular formula is C14H18N2O4. The summed E-state index contributed by atoms with van der Waals surface area (Å²) in [6, 6.07) is 4.10. The van der Waals surface area contributed by atoms with E-state index >= 15 is 0 Å². The van der Waals surface area contributed by atoms with Crippen molar-refractivity contribution in [2.45, 2.75) is 26.2 Å². The molecular weight excluding hydrogens is 260 g/mol. The normalized spacial score (nSPS) is 21.6. The standard InChI is InChI=1S/C14H18N2O4/c1-9-5-6-10(7-9)8-15-13-11(14(17)18)3-2-4-12(13)16(19)20/h2-4,9-10,15H,5-8H2,1H3,(H,17,18). The molecule has 0 aliphatic heterocycles. The fourth-order valence-corrected chi connectivity index (χ4v) is 2.81. The van der Waals surface area contributed by atoms with Crippen molar-refractivity contribution >= 4 is 17.3 Å². The molecule has 1 aromatic carbocycles. The van der Waals surface area contributed by atoms with Crippen LogP contribution in [0.4, 0.5) is 11.4 Å². The van der Waals surface area contributed by atoms with E-state index in [0.717, 1.165) is 19.3 Å². The van der Waals surface area contributed by atoms with E-state index in [1.165, 1.54) is 18.2 Å². The van der Waals surface area contributed by atoms with Gasteiger partial charge in [-0.3, -0.25) is 10.1 Å². The third kappa shape index (κ3) is 3.07. The summed E-state index contributed by atoms with van der Waals surface area (Å²) in [6.07, 6.45) is 3.32. The number of para-hydroxylation sites is 1. The van der Waals surface area contributed by atoms with Crippen LogP contribution in [0.2, 0.25) is 0 Å². The van der Waals surface area contributed by atoms with Gasteiger partial charge in [0, 0.05) is 12.6 Å². The topological polar surface area (TPSA) is 92.5 Å². The summed E-state index contributed by atoms with van der Waals surface area (Å²) in [5.41, 5.74) is -0.120. The second kappa shape index (κ2) is 5.90. The number of hydrogen-bond acceptors (Lipinski definition) is 4. The first kappa shape index (κ1) is 14.3. The van der Waals surface area contributed by atoms with Crippen LogP contribution in [0.1, 0.15) is 36.5 Å². The van der Waals surface area contributed by atoms with E-state index in [9.17, 15) is 14.9 Å². The molecule has 1 aliphatic carbocycles. The third-order valence-corrected chi connectivity index (χ3v) is 3.84.